The molecule has 1 saturated heterocycles. The molecule has 0 aromatic heterocycles. The minimum absolute atomic E-state index is 0.337. The lowest BCUT2D eigenvalue weighted by atomic mass is 10.2. The van der Waals surface area contributed by atoms with Crippen LogP contribution < -0.4 is 11.5 Å². The largest absolute Gasteiger partial charge is 0.407 e. The molecule has 0 bridgehead atoms. The monoisotopic (exact) mass is 196 g/mol. The van der Waals surface area contributed by atoms with Crippen LogP contribution in [0.1, 0.15) is 19.3 Å². The molecule has 1 aliphatic rings. The van der Waals surface area contributed by atoms with Gasteiger partial charge in [0.2, 0.25) is 0 Å². The molecular formula is C5H12N2O4S. The van der Waals surface area contributed by atoms with Crippen molar-refractivity contribution in [3.05, 3.63) is 0 Å². The van der Waals surface area contributed by atoms with E-state index in [0.717, 1.165) is 6.42 Å². The van der Waals surface area contributed by atoms with Crippen LogP contribution in [0.2, 0.25) is 0 Å². The Labute approximate surface area is 71.1 Å². The smallest absolute Gasteiger partial charge is 0.330 e. The van der Waals surface area contributed by atoms with Gasteiger partial charge in [-0.05, 0) is 19.4 Å². The summed E-state index contributed by atoms with van der Waals surface area (Å²) in [5, 5.41) is 0. The van der Waals surface area contributed by atoms with E-state index >= 15 is 0 Å². The lowest BCUT2D eigenvalue weighted by molar-refractivity contribution is -0.187. The molecule has 0 radical (unpaired) electrons. The molecule has 0 spiro atoms. The first-order valence-electron chi connectivity index (χ1n) is 3.63. The maximum atomic E-state index is 10.4. The normalized spacial score (nSPS) is 24.8. The molecule has 0 aliphatic carbocycles. The van der Waals surface area contributed by atoms with Gasteiger partial charge in [0.15, 0.2) is 0 Å². The number of hydrogen-bond donors (Lipinski definition) is 2. The molecule has 0 unspecified atom stereocenters. The van der Waals surface area contributed by atoms with E-state index in [0.29, 0.717) is 19.4 Å². The van der Waals surface area contributed by atoms with Gasteiger partial charge in [0.1, 0.15) is 0 Å². The zero-order chi connectivity index (χ0) is 9.24. The standard InChI is InChI=1S/C5H12N2O4S/c6-4-2-1-3-5(7)10-12(8,9)11-5/h1-4,6-7H2. The van der Waals surface area contributed by atoms with E-state index in [1.165, 1.54) is 0 Å². The Morgan fingerprint density at radius 2 is 1.83 bits per heavy atom. The molecular weight excluding hydrogens is 184 g/mol. The first kappa shape index (κ1) is 9.87. The summed E-state index contributed by atoms with van der Waals surface area (Å²) in [7, 11) is -3.78. The first-order chi connectivity index (χ1) is 5.47. The summed E-state index contributed by atoms with van der Waals surface area (Å²) in [6.07, 6.45) is 1.79. The first-order valence-corrected chi connectivity index (χ1v) is 4.96. The molecule has 1 heterocycles. The van der Waals surface area contributed by atoms with Gasteiger partial charge in [-0.15, -0.1) is 0 Å². The van der Waals surface area contributed by atoms with Gasteiger partial charge < -0.3 is 5.73 Å². The van der Waals surface area contributed by atoms with Gasteiger partial charge in [0.25, 0.3) is 5.91 Å². The minimum Gasteiger partial charge on any atom is -0.330 e. The van der Waals surface area contributed by atoms with Gasteiger partial charge in [-0.25, -0.2) is 0 Å². The lowest BCUT2D eigenvalue weighted by Crippen LogP contribution is -2.57. The second-order valence-corrected chi connectivity index (χ2v) is 3.78. The average Bonchev–Trinajstić information content (AvgIpc) is 1.83. The van der Waals surface area contributed by atoms with Gasteiger partial charge in [-0.2, -0.15) is 16.8 Å². The summed E-state index contributed by atoms with van der Waals surface area (Å²) >= 11 is 0. The Hall–Kier alpha value is -0.210. The second kappa shape index (κ2) is 3.27. The van der Waals surface area contributed by atoms with Gasteiger partial charge in [0.05, 0.1) is 0 Å². The summed E-state index contributed by atoms with van der Waals surface area (Å²) in [5.74, 6) is -1.44. The Bertz CT molecular complexity index is 238. The van der Waals surface area contributed by atoms with Gasteiger partial charge in [0, 0.05) is 6.42 Å². The lowest BCUT2D eigenvalue weighted by Gasteiger charge is -2.34. The number of unbranched alkanes of at least 4 members (excludes halogenated alkanes) is 1. The van der Waals surface area contributed by atoms with E-state index < -0.39 is 16.3 Å². The zero-order valence-corrected chi connectivity index (χ0v) is 7.34. The fourth-order valence-electron chi connectivity index (χ4n) is 0.951. The minimum atomic E-state index is -3.78. The van der Waals surface area contributed by atoms with Crippen molar-refractivity contribution in [3.63, 3.8) is 0 Å². The molecule has 7 heteroatoms. The molecule has 0 saturated carbocycles. The Balaban J connectivity index is 2.26. The maximum absolute atomic E-state index is 10.4. The highest BCUT2D eigenvalue weighted by atomic mass is 32.3. The highest BCUT2D eigenvalue weighted by Gasteiger charge is 2.48. The van der Waals surface area contributed by atoms with Crippen molar-refractivity contribution in [2.24, 2.45) is 11.5 Å². The van der Waals surface area contributed by atoms with Crippen LogP contribution in [0.25, 0.3) is 0 Å². The van der Waals surface area contributed by atoms with E-state index in [2.05, 4.69) is 8.37 Å². The second-order valence-electron chi connectivity index (χ2n) is 2.63. The Kier molecular flexibility index (Phi) is 2.69. The molecule has 0 aromatic rings. The summed E-state index contributed by atoms with van der Waals surface area (Å²) in [5.41, 5.74) is 10.6. The Morgan fingerprint density at radius 1 is 1.25 bits per heavy atom. The van der Waals surface area contributed by atoms with Crippen LogP contribution in [0.5, 0.6) is 0 Å². The topological polar surface area (TPSA) is 105 Å². The number of nitrogens with two attached hydrogens (primary N) is 2. The van der Waals surface area contributed by atoms with E-state index in [4.69, 9.17) is 11.5 Å². The van der Waals surface area contributed by atoms with Crippen LogP contribution in [0, 0.1) is 0 Å². The molecule has 1 rings (SSSR count). The summed E-state index contributed by atoms with van der Waals surface area (Å²) in [6.45, 7) is 0.544. The van der Waals surface area contributed by atoms with Gasteiger partial charge in [-0.3, -0.25) is 5.73 Å². The molecule has 12 heavy (non-hydrogen) atoms. The van der Waals surface area contributed by atoms with Gasteiger partial charge in [-0.1, -0.05) is 0 Å². The average molecular weight is 196 g/mol. The van der Waals surface area contributed by atoms with Crippen LogP contribution in [0.15, 0.2) is 0 Å². The molecule has 1 aliphatic heterocycles. The van der Waals surface area contributed by atoms with Gasteiger partial charge >= 0.3 is 10.4 Å². The molecule has 0 aromatic carbocycles. The molecule has 4 N–H and O–H groups in total. The molecule has 6 nitrogen and oxygen atoms in total. The van der Waals surface area contributed by atoms with Crippen LogP contribution in [0.3, 0.4) is 0 Å². The molecule has 72 valence electrons. The van der Waals surface area contributed by atoms with E-state index in [1.807, 2.05) is 0 Å². The zero-order valence-electron chi connectivity index (χ0n) is 6.52. The van der Waals surface area contributed by atoms with Crippen LogP contribution >= 0.6 is 0 Å². The number of hydrogen-bond acceptors (Lipinski definition) is 6. The summed E-state index contributed by atoms with van der Waals surface area (Å²) in [6, 6.07) is 0. The molecule has 1 fully saturated rings. The third kappa shape index (κ3) is 2.39. The van der Waals surface area contributed by atoms with Crippen LogP contribution in [-0.4, -0.2) is 20.9 Å². The third-order valence-electron chi connectivity index (χ3n) is 1.47. The highest BCUT2D eigenvalue weighted by molar-refractivity contribution is 7.82. The fourth-order valence-corrected chi connectivity index (χ4v) is 1.82. The fraction of sp³-hybridized carbons (Fsp3) is 1.00. The van der Waals surface area contributed by atoms with E-state index in [9.17, 15) is 8.42 Å². The van der Waals surface area contributed by atoms with Crippen molar-refractivity contribution < 1.29 is 16.8 Å². The van der Waals surface area contributed by atoms with Crippen LogP contribution in [-0.2, 0) is 18.8 Å². The summed E-state index contributed by atoms with van der Waals surface area (Å²) < 4.78 is 29.5. The maximum Gasteiger partial charge on any atom is 0.407 e. The molecule has 0 atom stereocenters. The van der Waals surface area contributed by atoms with Crippen molar-refractivity contribution in [2.75, 3.05) is 6.54 Å². The predicted molar refractivity (Wildman–Crippen MR) is 40.9 cm³/mol. The highest BCUT2D eigenvalue weighted by Crippen LogP contribution is 2.29. The summed E-state index contributed by atoms with van der Waals surface area (Å²) in [4.78, 5) is 0. The van der Waals surface area contributed by atoms with E-state index in [-0.39, 0.29) is 0 Å². The predicted octanol–water partition coefficient (Wildman–Crippen LogP) is -0.980. The third-order valence-corrected chi connectivity index (χ3v) is 2.44. The quantitative estimate of drug-likeness (QED) is 0.560. The van der Waals surface area contributed by atoms with Crippen molar-refractivity contribution in [1.82, 2.24) is 0 Å². The van der Waals surface area contributed by atoms with Crippen molar-refractivity contribution in [3.8, 4) is 0 Å². The van der Waals surface area contributed by atoms with Crippen molar-refractivity contribution >= 4 is 10.4 Å². The Morgan fingerprint density at radius 3 is 2.25 bits per heavy atom. The molecule has 0 amide bonds. The SMILES string of the molecule is NCCCCC1(N)OS(=O)(=O)O1. The van der Waals surface area contributed by atoms with Crippen molar-refractivity contribution in [2.45, 2.75) is 25.2 Å². The van der Waals surface area contributed by atoms with E-state index in [1.54, 1.807) is 0 Å². The van der Waals surface area contributed by atoms with Crippen molar-refractivity contribution in [1.29, 1.82) is 0 Å². The number of rotatable bonds is 4. The van der Waals surface area contributed by atoms with Crippen LogP contribution in [0.4, 0.5) is 0 Å².